The first-order chi connectivity index (χ1) is 7.08. The maximum absolute atomic E-state index is 10.3. The molecule has 0 amide bonds. The smallest absolute Gasteiger partial charge is 0.328 e. The first-order valence-corrected chi connectivity index (χ1v) is 5.15. The number of halogens is 1. The highest BCUT2D eigenvalue weighted by molar-refractivity contribution is 9.10. The summed E-state index contributed by atoms with van der Waals surface area (Å²) in [5, 5.41) is 8.49. The van der Waals surface area contributed by atoms with Crippen molar-refractivity contribution in [3.63, 3.8) is 0 Å². The van der Waals surface area contributed by atoms with Gasteiger partial charge in [-0.1, -0.05) is 22.0 Å². The van der Waals surface area contributed by atoms with E-state index < -0.39 is 5.97 Å². The minimum absolute atomic E-state index is 0.281. The third-order valence-corrected chi connectivity index (χ3v) is 2.13. The average Bonchev–Trinajstić information content (AvgIpc) is 2.14. The molecule has 0 saturated heterocycles. The fourth-order valence-corrected chi connectivity index (χ4v) is 1.38. The van der Waals surface area contributed by atoms with E-state index in [1.807, 2.05) is 24.3 Å². The highest BCUT2D eigenvalue weighted by atomic mass is 79.9. The lowest BCUT2D eigenvalue weighted by molar-refractivity contribution is -0.131. The van der Waals surface area contributed by atoms with Gasteiger partial charge < -0.3 is 9.84 Å². The molecule has 0 atom stereocenters. The lowest BCUT2D eigenvalue weighted by atomic mass is 10.3. The summed E-state index contributed by atoms with van der Waals surface area (Å²) >= 11 is 3.32. The molecule has 0 spiro atoms. The van der Waals surface area contributed by atoms with Gasteiger partial charge in [-0.25, -0.2) is 4.79 Å². The molecular weight excluding hydrogens is 260 g/mol. The van der Waals surface area contributed by atoms with E-state index in [4.69, 9.17) is 9.84 Å². The number of aliphatic carboxylic acids is 1. The van der Waals surface area contributed by atoms with E-state index in [0.717, 1.165) is 10.5 Å². The van der Waals surface area contributed by atoms with Crippen LogP contribution < -0.4 is 4.74 Å². The van der Waals surface area contributed by atoms with E-state index in [1.165, 1.54) is 0 Å². The molecule has 0 heterocycles. The van der Waals surface area contributed by atoms with Crippen LogP contribution in [0.4, 0.5) is 0 Å². The second-order valence-electron chi connectivity index (χ2n) is 3.07. The van der Waals surface area contributed by atoms with E-state index in [2.05, 4.69) is 15.9 Å². The van der Waals surface area contributed by atoms with Crippen molar-refractivity contribution in [1.82, 2.24) is 0 Å². The Morgan fingerprint density at radius 1 is 1.60 bits per heavy atom. The van der Waals surface area contributed by atoms with E-state index in [-0.39, 0.29) is 6.61 Å². The van der Waals surface area contributed by atoms with Gasteiger partial charge >= 0.3 is 5.97 Å². The van der Waals surface area contributed by atoms with Crippen LogP contribution in [0.15, 0.2) is 40.4 Å². The Bertz CT molecular complexity index is 385. The van der Waals surface area contributed by atoms with Crippen molar-refractivity contribution >= 4 is 21.9 Å². The van der Waals surface area contributed by atoms with Crippen LogP contribution in [-0.4, -0.2) is 17.7 Å². The van der Waals surface area contributed by atoms with Crippen LogP contribution in [0.1, 0.15) is 6.92 Å². The molecule has 1 aromatic rings. The fourth-order valence-electron chi connectivity index (χ4n) is 1.01. The van der Waals surface area contributed by atoms with Gasteiger partial charge in [-0.2, -0.15) is 0 Å². The van der Waals surface area contributed by atoms with E-state index in [9.17, 15) is 4.79 Å². The Labute approximate surface area is 96.5 Å². The van der Waals surface area contributed by atoms with Crippen molar-refractivity contribution in [1.29, 1.82) is 0 Å². The van der Waals surface area contributed by atoms with Crippen molar-refractivity contribution in [2.75, 3.05) is 6.61 Å². The second kappa shape index (κ2) is 5.56. The molecule has 0 aliphatic heterocycles. The van der Waals surface area contributed by atoms with Crippen molar-refractivity contribution in [2.45, 2.75) is 6.92 Å². The molecule has 0 aromatic heterocycles. The van der Waals surface area contributed by atoms with Gasteiger partial charge in [-0.05, 0) is 30.7 Å². The van der Waals surface area contributed by atoms with Crippen molar-refractivity contribution < 1.29 is 14.6 Å². The molecule has 3 nitrogen and oxygen atoms in total. The van der Waals surface area contributed by atoms with Crippen LogP contribution in [0, 0.1) is 0 Å². The van der Waals surface area contributed by atoms with Crippen LogP contribution in [-0.2, 0) is 4.79 Å². The summed E-state index contributed by atoms with van der Waals surface area (Å²) in [7, 11) is 0. The molecule has 80 valence electrons. The summed E-state index contributed by atoms with van der Waals surface area (Å²) in [6.07, 6.45) is 1.14. The zero-order chi connectivity index (χ0) is 11.3. The number of carboxylic acid groups (broad SMARTS) is 1. The molecule has 4 heteroatoms. The summed E-state index contributed by atoms with van der Waals surface area (Å²) in [4.78, 5) is 10.3. The molecule has 0 radical (unpaired) electrons. The predicted octanol–water partition coefficient (Wildman–Crippen LogP) is 2.86. The molecule has 0 bridgehead atoms. The number of carboxylic acids is 1. The summed E-state index contributed by atoms with van der Waals surface area (Å²) in [6, 6.07) is 7.40. The van der Waals surface area contributed by atoms with Gasteiger partial charge in [0.15, 0.2) is 0 Å². The molecule has 0 fully saturated rings. The first kappa shape index (κ1) is 11.8. The van der Waals surface area contributed by atoms with Gasteiger partial charge in [0.05, 0.1) is 0 Å². The first-order valence-electron chi connectivity index (χ1n) is 4.36. The maximum atomic E-state index is 10.3. The van der Waals surface area contributed by atoms with Gasteiger partial charge in [0.1, 0.15) is 12.4 Å². The zero-order valence-corrected chi connectivity index (χ0v) is 9.82. The molecule has 0 unspecified atom stereocenters. The van der Waals surface area contributed by atoms with Gasteiger partial charge in [0.2, 0.25) is 0 Å². The Morgan fingerprint density at radius 3 is 2.93 bits per heavy atom. The molecule has 0 aliphatic rings. The van der Waals surface area contributed by atoms with Crippen molar-refractivity contribution in [3.8, 4) is 5.75 Å². The van der Waals surface area contributed by atoms with Gasteiger partial charge in [-0.15, -0.1) is 0 Å². The molecule has 0 aliphatic carbocycles. The molecule has 1 rings (SSSR count). The highest BCUT2D eigenvalue weighted by Crippen LogP contribution is 2.18. The van der Waals surface area contributed by atoms with Crippen LogP contribution in [0.3, 0.4) is 0 Å². The Morgan fingerprint density at radius 2 is 2.33 bits per heavy atom. The third kappa shape index (κ3) is 4.65. The van der Waals surface area contributed by atoms with Crippen molar-refractivity contribution in [2.24, 2.45) is 0 Å². The van der Waals surface area contributed by atoms with Gasteiger partial charge in [-0.3, -0.25) is 0 Å². The summed E-state index contributed by atoms with van der Waals surface area (Å²) < 4.78 is 6.32. The highest BCUT2D eigenvalue weighted by Gasteiger charge is 1.97. The minimum atomic E-state index is -0.953. The largest absolute Gasteiger partial charge is 0.489 e. The number of hydrogen-bond donors (Lipinski definition) is 1. The monoisotopic (exact) mass is 270 g/mol. The van der Waals surface area contributed by atoms with E-state index >= 15 is 0 Å². The van der Waals surface area contributed by atoms with Gasteiger partial charge in [0.25, 0.3) is 0 Å². The molecule has 1 N–H and O–H groups in total. The Balaban J connectivity index is 2.54. The Hall–Kier alpha value is -1.29. The molecular formula is C11H11BrO3. The quantitative estimate of drug-likeness (QED) is 0.856. The van der Waals surface area contributed by atoms with Crippen LogP contribution in [0.25, 0.3) is 0 Å². The lowest BCUT2D eigenvalue weighted by Crippen LogP contribution is -2.01. The topological polar surface area (TPSA) is 46.5 Å². The molecule has 1 aromatic carbocycles. The third-order valence-electron chi connectivity index (χ3n) is 1.63. The molecule has 15 heavy (non-hydrogen) atoms. The summed E-state index contributed by atoms with van der Waals surface area (Å²) in [6.45, 7) is 1.99. The average molecular weight is 271 g/mol. The van der Waals surface area contributed by atoms with Crippen LogP contribution in [0.2, 0.25) is 0 Å². The van der Waals surface area contributed by atoms with Crippen LogP contribution >= 0.6 is 15.9 Å². The minimum Gasteiger partial charge on any atom is -0.489 e. The maximum Gasteiger partial charge on any atom is 0.328 e. The predicted molar refractivity (Wildman–Crippen MR) is 61.0 cm³/mol. The fraction of sp³-hybridized carbons (Fsp3) is 0.182. The zero-order valence-electron chi connectivity index (χ0n) is 8.24. The number of rotatable bonds is 4. The normalized spacial score (nSPS) is 11.2. The standard InChI is InChI=1S/C11H11BrO3/c1-8(5-11(13)14)7-15-10-4-2-3-9(12)6-10/h2-6H,7H2,1H3,(H,13,14). The number of hydrogen-bond acceptors (Lipinski definition) is 2. The van der Waals surface area contributed by atoms with E-state index in [0.29, 0.717) is 11.3 Å². The number of ether oxygens (including phenoxy) is 1. The number of benzene rings is 1. The summed E-state index contributed by atoms with van der Waals surface area (Å²) in [5.74, 6) is -0.243. The number of carbonyl (C=O) groups is 1. The SMILES string of the molecule is CC(=CC(=O)O)COc1cccc(Br)c1. The van der Waals surface area contributed by atoms with Crippen LogP contribution in [0.5, 0.6) is 5.75 Å². The second-order valence-corrected chi connectivity index (χ2v) is 3.99. The molecule has 0 saturated carbocycles. The van der Waals surface area contributed by atoms with E-state index in [1.54, 1.807) is 6.92 Å². The Kier molecular flexibility index (Phi) is 4.37. The van der Waals surface area contributed by atoms with Crippen molar-refractivity contribution in [3.05, 3.63) is 40.4 Å². The van der Waals surface area contributed by atoms with Gasteiger partial charge in [0, 0.05) is 10.5 Å². The lowest BCUT2D eigenvalue weighted by Gasteiger charge is -2.05. The summed E-state index contributed by atoms with van der Waals surface area (Å²) in [5.41, 5.74) is 0.669.